The Labute approximate surface area is 162 Å². The molecule has 1 saturated heterocycles. The molecule has 148 valence electrons. The summed E-state index contributed by atoms with van der Waals surface area (Å²) in [5, 5.41) is 6.15. The predicted octanol–water partition coefficient (Wildman–Crippen LogP) is 1.91. The van der Waals surface area contributed by atoms with Crippen molar-refractivity contribution >= 4 is 18.3 Å². The molecule has 0 aliphatic carbocycles. The third-order valence-corrected chi connectivity index (χ3v) is 4.62. The molecular formula is C19H31ClN2O4. The van der Waals surface area contributed by atoms with Gasteiger partial charge in [0.1, 0.15) is 5.75 Å². The Morgan fingerprint density at radius 1 is 1.23 bits per heavy atom. The molecule has 1 aliphatic heterocycles. The number of carbonyl (C=O) groups excluding carboxylic acids is 1. The van der Waals surface area contributed by atoms with Gasteiger partial charge >= 0.3 is 0 Å². The van der Waals surface area contributed by atoms with E-state index in [4.69, 9.17) is 14.2 Å². The molecule has 2 N–H and O–H groups in total. The quantitative estimate of drug-likeness (QED) is 0.601. The summed E-state index contributed by atoms with van der Waals surface area (Å²) in [5.41, 5.74) is 1.15. The molecule has 1 aromatic rings. The van der Waals surface area contributed by atoms with Crippen LogP contribution in [0.4, 0.5) is 0 Å². The van der Waals surface area contributed by atoms with Crippen LogP contribution < -0.4 is 15.4 Å². The molecule has 26 heavy (non-hydrogen) atoms. The first-order valence-corrected chi connectivity index (χ1v) is 8.97. The normalized spacial score (nSPS) is 15.8. The fraction of sp³-hybridized carbons (Fsp3) is 0.632. The van der Waals surface area contributed by atoms with Crippen LogP contribution in [0, 0.1) is 0 Å². The number of nitrogens with one attached hydrogen (secondary N) is 2. The van der Waals surface area contributed by atoms with E-state index in [2.05, 4.69) is 22.8 Å². The Kier molecular flexibility index (Phi) is 10.6. The zero-order valence-electron chi connectivity index (χ0n) is 15.7. The first kappa shape index (κ1) is 22.7. The minimum atomic E-state index is -0.0782. The van der Waals surface area contributed by atoms with E-state index < -0.39 is 0 Å². The molecule has 0 unspecified atom stereocenters. The lowest BCUT2D eigenvalue weighted by Crippen LogP contribution is -2.46. The molecule has 2 rings (SSSR count). The van der Waals surface area contributed by atoms with Gasteiger partial charge in [-0.25, -0.2) is 0 Å². The Morgan fingerprint density at radius 3 is 2.54 bits per heavy atom. The van der Waals surface area contributed by atoms with Gasteiger partial charge in [-0.05, 0) is 37.5 Å². The van der Waals surface area contributed by atoms with Crippen LogP contribution in [0.25, 0.3) is 0 Å². The van der Waals surface area contributed by atoms with E-state index in [9.17, 15) is 4.79 Å². The largest absolute Gasteiger partial charge is 0.494 e. The van der Waals surface area contributed by atoms with Crippen molar-refractivity contribution in [3.05, 3.63) is 29.8 Å². The van der Waals surface area contributed by atoms with Gasteiger partial charge in [0.2, 0.25) is 5.91 Å². The van der Waals surface area contributed by atoms with E-state index in [1.165, 1.54) is 5.56 Å². The topological polar surface area (TPSA) is 68.8 Å². The molecule has 1 aliphatic rings. The maximum atomic E-state index is 12.1. The second-order valence-electron chi connectivity index (χ2n) is 6.30. The fourth-order valence-electron chi connectivity index (χ4n) is 3.11. The molecule has 0 atom stereocenters. The van der Waals surface area contributed by atoms with E-state index in [0.717, 1.165) is 31.8 Å². The van der Waals surface area contributed by atoms with Crippen LogP contribution in [0.5, 0.6) is 5.75 Å². The average Bonchev–Trinajstić information content (AvgIpc) is 2.65. The lowest BCUT2D eigenvalue weighted by molar-refractivity contribution is -0.120. The highest BCUT2D eigenvalue weighted by atomic mass is 35.5. The number of carbonyl (C=O) groups is 1. The van der Waals surface area contributed by atoms with Crippen molar-refractivity contribution in [2.24, 2.45) is 0 Å². The van der Waals surface area contributed by atoms with Gasteiger partial charge in [0.05, 0.1) is 19.8 Å². The highest BCUT2D eigenvalue weighted by molar-refractivity contribution is 5.85. The van der Waals surface area contributed by atoms with E-state index in [0.29, 0.717) is 32.8 Å². The Balaban J connectivity index is 0.00000338. The van der Waals surface area contributed by atoms with Gasteiger partial charge in [0.15, 0.2) is 0 Å². The van der Waals surface area contributed by atoms with Crippen molar-refractivity contribution in [3.8, 4) is 5.75 Å². The number of ether oxygens (including phenoxy) is 3. The molecule has 0 bridgehead atoms. The zero-order valence-corrected chi connectivity index (χ0v) is 16.5. The summed E-state index contributed by atoms with van der Waals surface area (Å²) in [7, 11) is 1.65. The number of hydrogen-bond donors (Lipinski definition) is 2. The van der Waals surface area contributed by atoms with Crippen LogP contribution in [0.1, 0.15) is 25.3 Å². The molecule has 0 saturated carbocycles. The molecule has 1 aromatic carbocycles. The van der Waals surface area contributed by atoms with Crippen molar-refractivity contribution in [1.29, 1.82) is 0 Å². The molecule has 0 aromatic heterocycles. The maximum Gasteiger partial charge on any atom is 0.233 e. The van der Waals surface area contributed by atoms with Crippen LogP contribution >= 0.6 is 12.4 Å². The van der Waals surface area contributed by atoms with Crippen LogP contribution in [0.15, 0.2) is 24.3 Å². The summed E-state index contributed by atoms with van der Waals surface area (Å²) < 4.78 is 16.0. The van der Waals surface area contributed by atoms with Gasteiger partial charge < -0.3 is 24.8 Å². The molecule has 1 fully saturated rings. The van der Waals surface area contributed by atoms with Crippen molar-refractivity contribution < 1.29 is 19.0 Å². The minimum absolute atomic E-state index is 0. The molecule has 0 spiro atoms. The van der Waals surface area contributed by atoms with Crippen molar-refractivity contribution in [3.63, 3.8) is 0 Å². The van der Waals surface area contributed by atoms with E-state index in [1.807, 2.05) is 19.1 Å². The van der Waals surface area contributed by atoms with Crippen LogP contribution in [0.3, 0.4) is 0 Å². The third kappa shape index (κ3) is 6.76. The fourth-order valence-corrected chi connectivity index (χ4v) is 3.11. The van der Waals surface area contributed by atoms with Gasteiger partial charge in [-0.15, -0.1) is 12.4 Å². The van der Waals surface area contributed by atoms with Crippen molar-refractivity contribution in [1.82, 2.24) is 10.6 Å². The summed E-state index contributed by atoms with van der Waals surface area (Å²) in [6.07, 6.45) is 1.80. The second kappa shape index (κ2) is 12.1. The summed E-state index contributed by atoms with van der Waals surface area (Å²) >= 11 is 0. The van der Waals surface area contributed by atoms with Gasteiger partial charge in [0.25, 0.3) is 0 Å². The predicted molar refractivity (Wildman–Crippen MR) is 104 cm³/mol. The summed E-state index contributed by atoms with van der Waals surface area (Å²) in [6, 6.07) is 8.23. The second-order valence-corrected chi connectivity index (χ2v) is 6.30. The van der Waals surface area contributed by atoms with Crippen LogP contribution in [-0.2, 0) is 19.7 Å². The highest BCUT2D eigenvalue weighted by Gasteiger charge is 2.34. The van der Waals surface area contributed by atoms with Crippen molar-refractivity contribution in [2.75, 3.05) is 53.2 Å². The number of amides is 1. The minimum Gasteiger partial charge on any atom is -0.494 e. The monoisotopic (exact) mass is 386 g/mol. The Morgan fingerprint density at radius 2 is 1.92 bits per heavy atom. The van der Waals surface area contributed by atoms with Gasteiger partial charge in [-0.2, -0.15) is 0 Å². The third-order valence-electron chi connectivity index (χ3n) is 4.62. The van der Waals surface area contributed by atoms with Gasteiger partial charge in [-0.1, -0.05) is 12.1 Å². The molecule has 7 heteroatoms. The lowest BCUT2D eigenvalue weighted by atomic mass is 9.74. The number of methoxy groups -OCH3 is 1. The highest BCUT2D eigenvalue weighted by Crippen LogP contribution is 2.35. The molecule has 1 amide bonds. The van der Waals surface area contributed by atoms with Crippen LogP contribution in [-0.4, -0.2) is 59.1 Å². The summed E-state index contributed by atoms with van der Waals surface area (Å²) in [5.74, 6) is 0.882. The average molecular weight is 387 g/mol. The lowest BCUT2D eigenvalue weighted by Gasteiger charge is -2.38. The number of hydrogen-bond acceptors (Lipinski definition) is 5. The molecule has 0 radical (unpaired) electrons. The summed E-state index contributed by atoms with van der Waals surface area (Å²) in [6.45, 7) is 6.26. The van der Waals surface area contributed by atoms with Gasteiger partial charge in [-0.3, -0.25) is 4.79 Å². The maximum absolute atomic E-state index is 12.1. The summed E-state index contributed by atoms with van der Waals surface area (Å²) in [4.78, 5) is 12.1. The number of halogens is 1. The first-order chi connectivity index (χ1) is 12.2. The number of benzene rings is 1. The van der Waals surface area contributed by atoms with E-state index in [1.54, 1.807) is 7.11 Å². The SMILES string of the molecule is CCOc1ccc(C2(CNC(=O)CNCCOC)CCOCC2)cc1.Cl. The van der Waals surface area contributed by atoms with E-state index >= 15 is 0 Å². The standard InChI is InChI=1S/C19H30N2O4.ClH/c1-3-25-17-6-4-16(5-7-17)19(8-11-24-12-9-19)15-21-18(22)14-20-10-13-23-2;/h4-7,20H,3,8-15H2,1-2H3,(H,21,22);1H. The van der Waals surface area contributed by atoms with Gasteiger partial charge in [0, 0.05) is 38.8 Å². The Hall–Kier alpha value is -1.34. The first-order valence-electron chi connectivity index (χ1n) is 8.97. The molecular weight excluding hydrogens is 356 g/mol. The zero-order chi connectivity index (χ0) is 18.0. The Bertz CT molecular complexity index is 519. The smallest absolute Gasteiger partial charge is 0.233 e. The van der Waals surface area contributed by atoms with Crippen LogP contribution in [0.2, 0.25) is 0 Å². The van der Waals surface area contributed by atoms with E-state index in [-0.39, 0.29) is 23.7 Å². The molecule has 6 nitrogen and oxygen atoms in total. The number of rotatable bonds is 10. The molecule has 1 heterocycles. The van der Waals surface area contributed by atoms with Crippen molar-refractivity contribution in [2.45, 2.75) is 25.2 Å².